The minimum Gasteiger partial charge on any atom is -0.468 e. The first kappa shape index (κ1) is 11.2. The van der Waals surface area contributed by atoms with Gasteiger partial charge in [-0.2, -0.15) is 0 Å². The van der Waals surface area contributed by atoms with E-state index in [9.17, 15) is 4.79 Å². The second-order valence-electron chi connectivity index (χ2n) is 4.93. The second-order valence-corrected chi connectivity index (χ2v) is 6.34. The van der Waals surface area contributed by atoms with Crippen molar-refractivity contribution in [2.75, 3.05) is 13.6 Å². The highest BCUT2D eigenvalue weighted by molar-refractivity contribution is 7.10. The number of nitrogens with zero attached hydrogens (tertiary/aromatic N) is 1. The molecule has 110 valence electrons. The third kappa shape index (κ3) is 2.84. The molecular formula is C16H16ClNO2S. The highest BCUT2D eigenvalue weighted by Gasteiger charge is 2.32. The summed E-state index contributed by atoms with van der Waals surface area (Å²) in [7, 11) is -2.78. The molecule has 3 nitrogen and oxygen atoms in total. The molecule has 0 N–H and O–H groups in total. The lowest BCUT2D eigenvalue weighted by molar-refractivity contribution is -0.147. The summed E-state index contributed by atoms with van der Waals surface area (Å²) >= 11 is 7.96. The molecule has 1 aromatic heterocycles. The van der Waals surface area contributed by atoms with Crippen molar-refractivity contribution in [2.24, 2.45) is 0 Å². The first-order chi connectivity index (χ1) is 11.3. The van der Waals surface area contributed by atoms with Crippen molar-refractivity contribution in [1.29, 1.82) is 0 Å². The molecule has 0 bridgehead atoms. The van der Waals surface area contributed by atoms with Crippen LogP contribution in [0.2, 0.25) is 5.02 Å². The zero-order valence-corrected chi connectivity index (χ0v) is 12.8. The number of carbonyl (C=O) groups excluding carboxylic acids is 1. The Morgan fingerprint density at radius 2 is 2.33 bits per heavy atom. The molecule has 1 aromatic carbocycles. The molecule has 0 spiro atoms. The van der Waals surface area contributed by atoms with Crippen LogP contribution >= 0.6 is 22.9 Å². The lowest BCUT2D eigenvalue weighted by Gasteiger charge is -2.33. The number of benzene rings is 1. The van der Waals surface area contributed by atoms with Crippen LogP contribution < -0.4 is 0 Å². The smallest absolute Gasteiger partial charge is 0.327 e. The largest absolute Gasteiger partial charge is 0.468 e. The Balaban J connectivity index is 1.94. The number of fused-ring (bicyclic) bond motifs is 1. The van der Waals surface area contributed by atoms with Crippen molar-refractivity contribution in [1.82, 2.24) is 4.90 Å². The molecule has 1 atom stereocenters. The zero-order chi connectivity index (χ0) is 17.3. The van der Waals surface area contributed by atoms with Crippen LogP contribution in [-0.2, 0) is 22.5 Å². The first-order valence-corrected chi connectivity index (χ1v) is 7.87. The number of ether oxygens (including phenoxy) is 1. The molecule has 0 saturated carbocycles. The number of halogens is 1. The number of hydrogen-bond acceptors (Lipinski definition) is 4. The molecule has 0 fully saturated rings. The maximum absolute atomic E-state index is 12.6. The fraction of sp³-hybridized carbons (Fsp3) is 0.312. The molecule has 21 heavy (non-hydrogen) atoms. The number of methoxy groups -OCH3 is 1. The van der Waals surface area contributed by atoms with E-state index in [-0.39, 0.29) is 0 Å². The quantitative estimate of drug-likeness (QED) is 0.637. The SMILES string of the molecule is [2H][13C]([2H])([2H])OC(=O)C(c1ccccc1Cl)N1CCc2sccc2C1. The normalized spacial score (nSPS) is 19.0. The summed E-state index contributed by atoms with van der Waals surface area (Å²) in [6.45, 7) is 1.20. The van der Waals surface area contributed by atoms with Gasteiger partial charge in [0, 0.05) is 23.0 Å². The van der Waals surface area contributed by atoms with E-state index in [2.05, 4.69) is 0 Å². The third-order valence-electron chi connectivity index (χ3n) is 3.73. The third-order valence-corrected chi connectivity index (χ3v) is 5.09. The summed E-state index contributed by atoms with van der Waals surface area (Å²) in [4.78, 5) is 15.8. The van der Waals surface area contributed by atoms with E-state index in [1.165, 1.54) is 4.88 Å². The molecule has 2 heterocycles. The van der Waals surface area contributed by atoms with Crippen LogP contribution in [0, 0.1) is 0 Å². The van der Waals surface area contributed by atoms with Crippen molar-refractivity contribution < 1.29 is 13.6 Å². The molecule has 1 aliphatic heterocycles. The van der Waals surface area contributed by atoms with Crippen LogP contribution in [0.4, 0.5) is 0 Å². The van der Waals surface area contributed by atoms with E-state index in [4.69, 9.17) is 20.5 Å². The lowest BCUT2D eigenvalue weighted by atomic mass is 10.0. The van der Waals surface area contributed by atoms with Crippen molar-refractivity contribution in [3.05, 3.63) is 56.7 Å². The molecule has 0 amide bonds. The van der Waals surface area contributed by atoms with Crippen molar-refractivity contribution in [2.45, 2.75) is 19.0 Å². The Labute approximate surface area is 137 Å². The zero-order valence-electron chi connectivity index (χ0n) is 14.2. The van der Waals surface area contributed by atoms with Gasteiger partial charge in [0.15, 0.2) is 0 Å². The fourth-order valence-corrected chi connectivity index (χ4v) is 3.84. The number of rotatable bonds is 3. The number of thiophene rings is 1. The van der Waals surface area contributed by atoms with Crippen molar-refractivity contribution in [3.8, 4) is 0 Å². The van der Waals surface area contributed by atoms with E-state index >= 15 is 0 Å². The Kier molecular flexibility index (Phi) is 3.31. The lowest BCUT2D eigenvalue weighted by Crippen LogP contribution is -2.38. The molecule has 0 saturated heterocycles. The van der Waals surface area contributed by atoms with E-state index in [1.807, 2.05) is 16.3 Å². The highest BCUT2D eigenvalue weighted by Crippen LogP contribution is 2.33. The Hall–Kier alpha value is -1.36. The molecule has 0 aliphatic carbocycles. The highest BCUT2D eigenvalue weighted by atomic mass is 35.5. The topological polar surface area (TPSA) is 29.5 Å². The summed E-state index contributed by atoms with van der Waals surface area (Å²) in [6.07, 6.45) is 0.814. The van der Waals surface area contributed by atoms with Gasteiger partial charge in [-0.15, -0.1) is 11.3 Å². The molecule has 0 radical (unpaired) electrons. The monoisotopic (exact) mass is 325 g/mol. The van der Waals surface area contributed by atoms with Crippen LogP contribution in [0.25, 0.3) is 0 Å². The van der Waals surface area contributed by atoms with Crippen LogP contribution in [0.1, 0.15) is 26.2 Å². The van der Waals surface area contributed by atoms with Gasteiger partial charge in [0.25, 0.3) is 0 Å². The van der Waals surface area contributed by atoms with Gasteiger partial charge in [-0.05, 0) is 35.1 Å². The minimum atomic E-state index is -2.78. The average molecular weight is 326 g/mol. The average Bonchev–Trinajstić information content (AvgIpc) is 2.95. The van der Waals surface area contributed by atoms with Gasteiger partial charge < -0.3 is 4.74 Å². The van der Waals surface area contributed by atoms with Crippen LogP contribution in [-0.4, -0.2) is 24.5 Å². The predicted molar refractivity (Wildman–Crippen MR) is 84.6 cm³/mol. The van der Waals surface area contributed by atoms with Crippen LogP contribution in [0.3, 0.4) is 0 Å². The van der Waals surface area contributed by atoms with Gasteiger partial charge in [0.05, 0.1) is 11.2 Å². The van der Waals surface area contributed by atoms with Gasteiger partial charge in [-0.1, -0.05) is 29.8 Å². The van der Waals surface area contributed by atoms with E-state index in [0.717, 1.165) is 12.0 Å². The van der Waals surface area contributed by atoms with Gasteiger partial charge in [0.1, 0.15) is 6.04 Å². The van der Waals surface area contributed by atoms with Gasteiger partial charge in [-0.25, -0.2) is 4.79 Å². The molecular weight excluding hydrogens is 307 g/mol. The summed E-state index contributed by atoms with van der Waals surface area (Å²) in [5, 5.41) is 2.44. The predicted octanol–water partition coefficient (Wildman–Crippen LogP) is 3.67. The molecule has 3 rings (SSSR count). The summed E-state index contributed by atoms with van der Waals surface area (Å²) in [5.41, 5.74) is 1.72. The first-order valence-electron chi connectivity index (χ1n) is 8.12. The van der Waals surface area contributed by atoms with E-state index in [1.54, 1.807) is 35.6 Å². The van der Waals surface area contributed by atoms with Gasteiger partial charge in [0.2, 0.25) is 0 Å². The summed E-state index contributed by atoms with van der Waals surface area (Å²) in [6, 6.07) is 8.16. The summed E-state index contributed by atoms with van der Waals surface area (Å²) < 4.78 is 26.4. The van der Waals surface area contributed by atoms with Crippen LogP contribution in [0.15, 0.2) is 35.7 Å². The fourth-order valence-electron chi connectivity index (χ4n) is 2.72. The maximum Gasteiger partial charge on any atom is 0.327 e. The number of esters is 1. The van der Waals surface area contributed by atoms with Crippen molar-refractivity contribution in [3.63, 3.8) is 0 Å². The van der Waals surface area contributed by atoms with E-state index < -0.39 is 19.0 Å². The standard InChI is InChI=1S/C16H16ClNO2S/c1-20-16(19)15(12-4-2-3-5-13(12)17)18-8-6-14-11(10-18)7-9-21-14/h2-5,7,9,15H,6,8,10H2,1H3/i1+1D3. The Morgan fingerprint density at radius 3 is 3.14 bits per heavy atom. The molecule has 1 aliphatic rings. The molecule has 1 unspecified atom stereocenters. The molecule has 5 heteroatoms. The Morgan fingerprint density at radius 1 is 1.48 bits per heavy atom. The second kappa shape index (κ2) is 6.18. The van der Waals surface area contributed by atoms with Gasteiger partial charge >= 0.3 is 5.97 Å². The van der Waals surface area contributed by atoms with Crippen molar-refractivity contribution >= 4 is 28.9 Å². The molecule has 2 aromatic rings. The summed E-state index contributed by atoms with van der Waals surface area (Å²) in [5.74, 6) is -0.804. The number of hydrogen-bond donors (Lipinski definition) is 0. The van der Waals surface area contributed by atoms with Crippen LogP contribution in [0.5, 0.6) is 0 Å². The van der Waals surface area contributed by atoms with Gasteiger partial charge in [-0.3, -0.25) is 4.90 Å². The minimum absolute atomic E-state index is 0.418. The number of carbonyl (C=O) groups is 1. The van der Waals surface area contributed by atoms with E-state index in [0.29, 0.717) is 23.7 Å². The maximum atomic E-state index is 12.6. The Bertz CT molecular complexity index is 747.